The number of nitrogens with one attached hydrogen (secondary N) is 2. The molecule has 1 aromatic carbocycles. The maximum atomic E-state index is 11.2. The molecule has 1 rings (SSSR count). The minimum atomic E-state index is -2.95. The Morgan fingerprint density at radius 2 is 1.96 bits per heavy atom. The minimum absolute atomic E-state index is 0. The highest BCUT2D eigenvalue weighted by Gasteiger charge is 2.14. The third kappa shape index (κ3) is 11.4. The van der Waals surface area contributed by atoms with E-state index < -0.39 is 9.84 Å². The van der Waals surface area contributed by atoms with E-state index in [0.717, 1.165) is 5.75 Å². The average molecular weight is 511 g/mol. The van der Waals surface area contributed by atoms with Crippen molar-refractivity contribution in [2.75, 3.05) is 32.2 Å². The summed E-state index contributed by atoms with van der Waals surface area (Å²) in [7, 11) is -1.26. The predicted octanol–water partition coefficient (Wildman–Crippen LogP) is 2.97. The van der Waals surface area contributed by atoms with Crippen molar-refractivity contribution in [1.29, 1.82) is 0 Å². The van der Waals surface area contributed by atoms with Crippen LogP contribution < -0.4 is 15.4 Å². The highest BCUT2D eigenvalue weighted by Crippen LogP contribution is 2.25. The van der Waals surface area contributed by atoms with Crippen molar-refractivity contribution in [3.8, 4) is 5.75 Å². The van der Waals surface area contributed by atoms with Crippen LogP contribution in [0.5, 0.6) is 5.75 Å². The third-order valence-electron chi connectivity index (χ3n) is 3.89. The molecule has 156 valence electrons. The van der Waals surface area contributed by atoms with Gasteiger partial charge in [-0.2, -0.15) is 0 Å². The van der Waals surface area contributed by atoms with E-state index in [1.807, 2.05) is 19.1 Å². The van der Waals surface area contributed by atoms with Crippen molar-refractivity contribution in [3.05, 3.63) is 29.8 Å². The van der Waals surface area contributed by atoms with E-state index >= 15 is 0 Å². The lowest BCUT2D eigenvalue weighted by atomic mass is 9.87. The van der Waals surface area contributed by atoms with Crippen LogP contribution in [0, 0.1) is 0 Å². The van der Waals surface area contributed by atoms with Crippen LogP contribution in [-0.2, 0) is 15.3 Å². The minimum Gasteiger partial charge on any atom is -0.492 e. The number of halogens is 1. The smallest absolute Gasteiger partial charge is 0.191 e. The molecule has 1 atom stereocenters. The average Bonchev–Trinajstić information content (AvgIpc) is 2.54. The number of sulfone groups is 1. The first-order valence-corrected chi connectivity index (χ1v) is 11.0. The van der Waals surface area contributed by atoms with E-state index in [1.54, 1.807) is 7.05 Å². The van der Waals surface area contributed by atoms with Crippen LogP contribution >= 0.6 is 24.0 Å². The normalized spacial score (nSPS) is 13.5. The summed E-state index contributed by atoms with van der Waals surface area (Å²) in [5.41, 5.74) is 1.33. The van der Waals surface area contributed by atoms with E-state index in [0.29, 0.717) is 25.5 Å². The maximum absolute atomic E-state index is 11.2. The van der Waals surface area contributed by atoms with Gasteiger partial charge in [0.25, 0.3) is 0 Å². The molecule has 6 nitrogen and oxygen atoms in total. The summed E-state index contributed by atoms with van der Waals surface area (Å²) in [6.07, 6.45) is 1.79. The molecule has 0 aliphatic heterocycles. The molecule has 0 aromatic heterocycles. The highest BCUT2D eigenvalue weighted by atomic mass is 127. The molecule has 1 unspecified atom stereocenters. The molecule has 0 heterocycles. The Morgan fingerprint density at radius 1 is 1.30 bits per heavy atom. The molecule has 0 bridgehead atoms. The second-order valence-corrected chi connectivity index (χ2v) is 9.85. The number of hydrogen-bond acceptors (Lipinski definition) is 4. The molecular weight excluding hydrogens is 477 g/mol. The summed E-state index contributed by atoms with van der Waals surface area (Å²) in [5, 5.41) is 6.36. The van der Waals surface area contributed by atoms with Gasteiger partial charge in [-0.05, 0) is 36.5 Å². The molecule has 0 spiro atoms. The van der Waals surface area contributed by atoms with Crippen molar-refractivity contribution in [1.82, 2.24) is 10.6 Å². The van der Waals surface area contributed by atoms with Gasteiger partial charge in [-0.1, -0.05) is 32.9 Å². The van der Waals surface area contributed by atoms with Gasteiger partial charge in [0.05, 0.1) is 12.3 Å². The molecule has 0 radical (unpaired) electrons. The fourth-order valence-electron chi connectivity index (χ4n) is 2.28. The van der Waals surface area contributed by atoms with Crippen LogP contribution in [-0.4, -0.2) is 52.6 Å². The lowest BCUT2D eigenvalue weighted by Gasteiger charge is -2.20. The Hall–Kier alpha value is -1.03. The topological polar surface area (TPSA) is 79.8 Å². The van der Waals surface area contributed by atoms with Gasteiger partial charge in [0, 0.05) is 19.3 Å². The summed E-state index contributed by atoms with van der Waals surface area (Å²) >= 11 is 0. The number of rotatable bonds is 8. The Bertz CT molecular complexity index is 700. The number of aliphatic imine (C=N–C) groups is 1. The van der Waals surface area contributed by atoms with Gasteiger partial charge >= 0.3 is 0 Å². The van der Waals surface area contributed by atoms with E-state index in [1.165, 1.54) is 11.8 Å². The lowest BCUT2D eigenvalue weighted by Crippen LogP contribution is -2.44. The van der Waals surface area contributed by atoms with Crippen molar-refractivity contribution < 1.29 is 13.2 Å². The Balaban J connectivity index is 0.00000676. The Kier molecular flexibility index (Phi) is 11.3. The number of ether oxygens (including phenoxy) is 1. The Morgan fingerprint density at radius 3 is 2.52 bits per heavy atom. The van der Waals surface area contributed by atoms with Gasteiger partial charge < -0.3 is 15.4 Å². The lowest BCUT2D eigenvalue weighted by molar-refractivity contribution is 0.320. The van der Waals surface area contributed by atoms with Crippen LogP contribution in [0.25, 0.3) is 0 Å². The molecule has 27 heavy (non-hydrogen) atoms. The third-order valence-corrected chi connectivity index (χ3v) is 4.87. The fourth-order valence-corrected chi connectivity index (χ4v) is 3.06. The zero-order valence-electron chi connectivity index (χ0n) is 17.2. The molecular formula is C19H34IN3O3S. The standard InChI is InChI=1S/C19H33N3O3S.HI/c1-15(10-13-26(6,23)24)22-18(20-5)21-11-12-25-17-9-7-8-16(14-17)19(2,3)4;/h7-9,14-15H,10-13H2,1-6H3,(H2,20,21,22);1H. The molecule has 1 aromatic rings. The van der Waals surface area contributed by atoms with Crippen molar-refractivity contribution in [2.24, 2.45) is 4.99 Å². The van der Waals surface area contributed by atoms with E-state index in [9.17, 15) is 8.42 Å². The molecule has 0 aliphatic rings. The second kappa shape index (κ2) is 11.7. The Labute approximate surface area is 181 Å². The van der Waals surface area contributed by atoms with Crippen LogP contribution in [0.2, 0.25) is 0 Å². The summed E-state index contributed by atoms with van der Waals surface area (Å²) in [6.45, 7) is 9.56. The summed E-state index contributed by atoms with van der Waals surface area (Å²) < 4.78 is 28.3. The molecule has 0 saturated carbocycles. The van der Waals surface area contributed by atoms with Crippen LogP contribution in [0.15, 0.2) is 29.3 Å². The molecule has 8 heteroatoms. The maximum Gasteiger partial charge on any atom is 0.191 e. The van der Waals surface area contributed by atoms with E-state index in [-0.39, 0.29) is 41.2 Å². The molecule has 2 N–H and O–H groups in total. The number of nitrogens with zero attached hydrogens (tertiary/aromatic N) is 1. The zero-order chi connectivity index (χ0) is 19.8. The molecule has 0 amide bonds. The quantitative estimate of drug-likeness (QED) is 0.243. The first-order chi connectivity index (χ1) is 12.0. The van der Waals surface area contributed by atoms with Crippen molar-refractivity contribution in [3.63, 3.8) is 0 Å². The number of guanidine groups is 1. The van der Waals surface area contributed by atoms with Gasteiger partial charge in [-0.15, -0.1) is 24.0 Å². The van der Waals surface area contributed by atoms with Gasteiger partial charge in [0.15, 0.2) is 5.96 Å². The predicted molar refractivity (Wildman–Crippen MR) is 124 cm³/mol. The number of hydrogen-bond donors (Lipinski definition) is 2. The number of benzene rings is 1. The van der Waals surface area contributed by atoms with E-state index in [4.69, 9.17) is 4.74 Å². The van der Waals surface area contributed by atoms with E-state index in [2.05, 4.69) is 48.5 Å². The molecule has 0 aliphatic carbocycles. The fraction of sp³-hybridized carbons (Fsp3) is 0.632. The summed E-state index contributed by atoms with van der Waals surface area (Å²) in [6, 6.07) is 8.15. The largest absolute Gasteiger partial charge is 0.492 e. The van der Waals surface area contributed by atoms with Gasteiger partial charge in [0.1, 0.15) is 22.2 Å². The van der Waals surface area contributed by atoms with Crippen LogP contribution in [0.3, 0.4) is 0 Å². The highest BCUT2D eigenvalue weighted by molar-refractivity contribution is 14.0. The van der Waals surface area contributed by atoms with Gasteiger partial charge in [-0.25, -0.2) is 8.42 Å². The van der Waals surface area contributed by atoms with Gasteiger partial charge in [-0.3, -0.25) is 4.99 Å². The molecule has 0 fully saturated rings. The second-order valence-electron chi connectivity index (χ2n) is 7.59. The van der Waals surface area contributed by atoms with Crippen molar-refractivity contribution in [2.45, 2.75) is 45.6 Å². The van der Waals surface area contributed by atoms with Crippen molar-refractivity contribution >= 4 is 39.8 Å². The van der Waals surface area contributed by atoms with Gasteiger partial charge in [0.2, 0.25) is 0 Å². The zero-order valence-corrected chi connectivity index (χ0v) is 20.4. The molecule has 0 saturated heterocycles. The summed E-state index contributed by atoms with van der Waals surface area (Å²) in [5.74, 6) is 1.65. The first-order valence-electron chi connectivity index (χ1n) is 8.89. The SMILES string of the molecule is CN=C(NCCOc1cccc(C(C)(C)C)c1)NC(C)CCS(C)(=O)=O.I. The van der Waals surface area contributed by atoms with Crippen LogP contribution in [0.1, 0.15) is 39.7 Å². The summed E-state index contributed by atoms with van der Waals surface area (Å²) in [4.78, 5) is 4.15. The monoisotopic (exact) mass is 511 g/mol. The first kappa shape index (κ1) is 26.0. The van der Waals surface area contributed by atoms with Crippen LogP contribution in [0.4, 0.5) is 0 Å².